The molecule has 0 aromatic heterocycles. The van der Waals surface area contributed by atoms with Crippen LogP contribution in [0.15, 0.2) is 0 Å². The van der Waals surface area contributed by atoms with Crippen LogP contribution in [0.5, 0.6) is 0 Å². The van der Waals surface area contributed by atoms with Gasteiger partial charge < -0.3 is 15.4 Å². The lowest BCUT2D eigenvalue weighted by Gasteiger charge is -2.48. The molecule has 4 nitrogen and oxygen atoms in total. The van der Waals surface area contributed by atoms with Crippen molar-refractivity contribution in [1.82, 2.24) is 10.6 Å². The summed E-state index contributed by atoms with van der Waals surface area (Å²) in [6, 6.07) is 0.606. The van der Waals surface area contributed by atoms with Crippen LogP contribution in [0, 0.1) is 0 Å². The number of carbonyl (C=O) groups excluding carboxylic acids is 1. The first-order valence-electron chi connectivity index (χ1n) is 6.13. The van der Waals surface area contributed by atoms with Crippen LogP contribution < -0.4 is 10.6 Å². The molecule has 1 amide bonds. The molecule has 1 spiro atoms. The predicted molar refractivity (Wildman–Crippen MR) is 62.2 cm³/mol. The Morgan fingerprint density at radius 3 is 2.50 bits per heavy atom. The van der Waals surface area contributed by atoms with Gasteiger partial charge in [0.2, 0.25) is 0 Å². The zero-order chi connectivity index (χ0) is 11.8. The fourth-order valence-electron chi connectivity index (χ4n) is 2.79. The van der Waals surface area contributed by atoms with Crippen LogP contribution in [-0.2, 0) is 9.53 Å². The van der Waals surface area contributed by atoms with Crippen molar-refractivity contribution in [2.45, 2.75) is 56.8 Å². The van der Waals surface area contributed by atoms with E-state index >= 15 is 0 Å². The number of morpholine rings is 1. The number of ether oxygens (including phenoxy) is 1. The van der Waals surface area contributed by atoms with Gasteiger partial charge in [0.1, 0.15) is 5.60 Å². The maximum Gasteiger partial charge on any atom is 0.251 e. The van der Waals surface area contributed by atoms with Crippen molar-refractivity contribution in [2.75, 3.05) is 13.6 Å². The van der Waals surface area contributed by atoms with Crippen LogP contribution in [0.25, 0.3) is 0 Å². The smallest absolute Gasteiger partial charge is 0.251 e. The van der Waals surface area contributed by atoms with E-state index in [1.54, 1.807) is 0 Å². The highest BCUT2D eigenvalue weighted by Gasteiger charge is 2.47. The van der Waals surface area contributed by atoms with Gasteiger partial charge in [-0.15, -0.1) is 0 Å². The highest BCUT2D eigenvalue weighted by molar-refractivity contribution is 5.85. The van der Waals surface area contributed by atoms with Gasteiger partial charge in [-0.2, -0.15) is 0 Å². The maximum absolute atomic E-state index is 11.6. The molecule has 2 fully saturated rings. The molecule has 0 radical (unpaired) electrons. The number of hydrogen-bond acceptors (Lipinski definition) is 3. The minimum Gasteiger partial charge on any atom is -0.357 e. The molecule has 16 heavy (non-hydrogen) atoms. The molecule has 0 unspecified atom stereocenters. The average molecular weight is 226 g/mol. The van der Waals surface area contributed by atoms with Gasteiger partial charge in [-0.3, -0.25) is 4.79 Å². The molecule has 1 aliphatic carbocycles. The highest BCUT2D eigenvalue weighted by atomic mass is 16.5. The molecule has 1 saturated carbocycles. The van der Waals surface area contributed by atoms with E-state index in [2.05, 4.69) is 10.6 Å². The van der Waals surface area contributed by atoms with Gasteiger partial charge >= 0.3 is 0 Å². The molecule has 0 atom stereocenters. The zero-order valence-corrected chi connectivity index (χ0v) is 10.4. The van der Waals surface area contributed by atoms with E-state index in [4.69, 9.17) is 4.74 Å². The molecule has 1 aliphatic heterocycles. The van der Waals surface area contributed by atoms with E-state index in [9.17, 15) is 4.79 Å². The fourth-order valence-corrected chi connectivity index (χ4v) is 2.79. The molecule has 2 rings (SSSR count). The third-order valence-corrected chi connectivity index (χ3v) is 3.89. The second kappa shape index (κ2) is 4.00. The second-order valence-corrected chi connectivity index (χ2v) is 5.54. The fraction of sp³-hybridized carbons (Fsp3) is 0.917. The quantitative estimate of drug-likeness (QED) is 0.696. The number of amides is 1. The number of hydrogen-bond donors (Lipinski definition) is 2. The lowest BCUT2D eigenvalue weighted by molar-refractivity contribution is -0.192. The summed E-state index contributed by atoms with van der Waals surface area (Å²) in [5.41, 5.74) is -0.796. The van der Waals surface area contributed by atoms with Gasteiger partial charge in [-0.25, -0.2) is 0 Å². The van der Waals surface area contributed by atoms with Crippen molar-refractivity contribution >= 4 is 5.91 Å². The van der Waals surface area contributed by atoms with Gasteiger partial charge in [-0.1, -0.05) is 0 Å². The zero-order valence-electron chi connectivity index (χ0n) is 10.4. The number of carbonyl (C=O) groups is 1. The lowest BCUT2D eigenvalue weighted by Crippen LogP contribution is -2.62. The van der Waals surface area contributed by atoms with Crippen LogP contribution in [0.2, 0.25) is 0 Å². The first kappa shape index (κ1) is 11.9. The summed E-state index contributed by atoms with van der Waals surface area (Å²) in [5, 5.41) is 6.29. The van der Waals surface area contributed by atoms with E-state index < -0.39 is 5.60 Å². The molecule has 4 heteroatoms. The molecule has 0 bridgehead atoms. The first-order chi connectivity index (χ1) is 7.47. The normalized spacial score (nSPS) is 38.4. The summed E-state index contributed by atoms with van der Waals surface area (Å²) >= 11 is 0. The minimum atomic E-state index is -0.676. The minimum absolute atomic E-state index is 0.00821. The average Bonchev–Trinajstić information content (AvgIpc) is 2.25. The van der Waals surface area contributed by atoms with Gasteiger partial charge in [0.15, 0.2) is 0 Å². The van der Waals surface area contributed by atoms with Crippen LogP contribution in [-0.4, -0.2) is 36.7 Å². The lowest BCUT2D eigenvalue weighted by atomic mass is 9.80. The summed E-state index contributed by atoms with van der Waals surface area (Å²) in [7, 11) is 2.01. The summed E-state index contributed by atoms with van der Waals surface area (Å²) in [6.07, 6.45) is 4.31. The Morgan fingerprint density at radius 1 is 1.38 bits per heavy atom. The second-order valence-electron chi connectivity index (χ2n) is 5.54. The van der Waals surface area contributed by atoms with Gasteiger partial charge in [0.25, 0.3) is 5.91 Å². The van der Waals surface area contributed by atoms with E-state index in [1.807, 2.05) is 20.9 Å². The Kier molecular flexibility index (Phi) is 2.97. The Balaban J connectivity index is 2.03. The van der Waals surface area contributed by atoms with Crippen LogP contribution in [0.4, 0.5) is 0 Å². The summed E-state index contributed by atoms with van der Waals surface area (Å²) in [4.78, 5) is 11.6. The first-order valence-corrected chi connectivity index (χ1v) is 6.13. The van der Waals surface area contributed by atoms with Crippen molar-refractivity contribution < 1.29 is 9.53 Å². The van der Waals surface area contributed by atoms with Crippen LogP contribution in [0.1, 0.15) is 39.5 Å². The highest BCUT2D eigenvalue weighted by Crippen LogP contribution is 2.37. The van der Waals surface area contributed by atoms with E-state index in [0.29, 0.717) is 12.6 Å². The molecule has 92 valence electrons. The third kappa shape index (κ3) is 2.09. The van der Waals surface area contributed by atoms with Crippen LogP contribution in [0.3, 0.4) is 0 Å². The number of rotatable bonds is 1. The van der Waals surface area contributed by atoms with E-state index in [1.165, 1.54) is 0 Å². The van der Waals surface area contributed by atoms with Crippen molar-refractivity contribution in [1.29, 1.82) is 0 Å². The van der Waals surface area contributed by atoms with Gasteiger partial charge in [0, 0.05) is 12.6 Å². The van der Waals surface area contributed by atoms with Crippen molar-refractivity contribution in [2.24, 2.45) is 0 Å². The van der Waals surface area contributed by atoms with Crippen molar-refractivity contribution in [3.63, 3.8) is 0 Å². The Bertz CT molecular complexity index is 281. The topological polar surface area (TPSA) is 50.4 Å². The Morgan fingerprint density at radius 2 is 2.00 bits per heavy atom. The maximum atomic E-state index is 11.6. The molecular weight excluding hydrogens is 204 g/mol. The van der Waals surface area contributed by atoms with Gasteiger partial charge in [0.05, 0.1) is 5.60 Å². The van der Waals surface area contributed by atoms with Crippen molar-refractivity contribution in [3.05, 3.63) is 0 Å². The third-order valence-electron chi connectivity index (χ3n) is 3.89. The summed E-state index contributed by atoms with van der Waals surface area (Å²) < 4.78 is 6.07. The molecular formula is C12H22N2O2. The van der Waals surface area contributed by atoms with Crippen LogP contribution >= 0.6 is 0 Å². The number of nitrogens with one attached hydrogen (secondary N) is 2. The van der Waals surface area contributed by atoms with E-state index in [0.717, 1.165) is 25.7 Å². The molecule has 1 heterocycles. The predicted octanol–water partition coefficient (Wildman–Crippen LogP) is 0.812. The summed E-state index contributed by atoms with van der Waals surface area (Å²) in [6.45, 7) is 4.38. The molecule has 0 aromatic carbocycles. The molecule has 2 N–H and O–H groups in total. The SMILES string of the molecule is CNC1CCC2(CC1)CNC(=O)C(C)(C)O2. The standard InChI is InChI=1S/C12H22N2O2/c1-11(2)10(15)14-8-12(16-11)6-4-9(13-3)5-7-12/h9,13H,4-8H2,1-3H3,(H,14,15). The van der Waals surface area contributed by atoms with Gasteiger partial charge in [-0.05, 0) is 46.6 Å². The molecule has 1 saturated heterocycles. The monoisotopic (exact) mass is 226 g/mol. The van der Waals surface area contributed by atoms with Crippen molar-refractivity contribution in [3.8, 4) is 0 Å². The Hall–Kier alpha value is -0.610. The summed E-state index contributed by atoms with van der Waals surface area (Å²) in [5.74, 6) is 0.00821. The molecule has 0 aromatic rings. The Labute approximate surface area is 97.1 Å². The largest absolute Gasteiger partial charge is 0.357 e. The molecule has 2 aliphatic rings. The van der Waals surface area contributed by atoms with E-state index in [-0.39, 0.29) is 11.5 Å².